The molecule has 0 radical (unpaired) electrons. The van der Waals surface area contributed by atoms with Gasteiger partial charge < -0.3 is 20.3 Å². The predicted octanol–water partition coefficient (Wildman–Crippen LogP) is 0.136. The monoisotopic (exact) mass is 217 g/mol. The van der Waals surface area contributed by atoms with Crippen LogP contribution in [-0.4, -0.2) is 49.2 Å². The summed E-state index contributed by atoms with van der Waals surface area (Å²) in [4.78, 5) is 0. The summed E-state index contributed by atoms with van der Waals surface area (Å²) in [6.45, 7) is 2.80. The van der Waals surface area contributed by atoms with Crippen LogP contribution in [0.5, 0.6) is 0 Å². The molecule has 0 aromatic carbocycles. The minimum Gasteiger partial charge on any atom is -0.394 e. The van der Waals surface area contributed by atoms with Crippen molar-refractivity contribution in [3.8, 4) is 0 Å². The minimum absolute atomic E-state index is 0.0847. The van der Waals surface area contributed by atoms with E-state index in [0.717, 1.165) is 32.4 Å². The fourth-order valence-electron chi connectivity index (χ4n) is 2.02. The molecule has 4 nitrogen and oxygen atoms in total. The van der Waals surface area contributed by atoms with Crippen LogP contribution in [0.3, 0.4) is 0 Å². The van der Waals surface area contributed by atoms with E-state index in [0.29, 0.717) is 19.1 Å². The van der Waals surface area contributed by atoms with Crippen LogP contribution in [0.2, 0.25) is 0 Å². The van der Waals surface area contributed by atoms with Crippen molar-refractivity contribution in [1.29, 1.82) is 0 Å². The van der Waals surface area contributed by atoms with Crippen molar-refractivity contribution in [2.75, 3.05) is 32.9 Å². The maximum absolute atomic E-state index is 9.71. The van der Waals surface area contributed by atoms with Gasteiger partial charge in [-0.15, -0.1) is 0 Å². The van der Waals surface area contributed by atoms with Crippen LogP contribution in [-0.2, 0) is 4.74 Å². The molecule has 0 bridgehead atoms. The largest absolute Gasteiger partial charge is 0.394 e. The molecule has 3 N–H and O–H groups in total. The fraction of sp³-hybridized carbons (Fsp3) is 1.00. The molecule has 0 saturated heterocycles. The van der Waals surface area contributed by atoms with Gasteiger partial charge in [0.15, 0.2) is 0 Å². The molecule has 0 amide bonds. The number of ether oxygens (including phenoxy) is 1. The SMILES string of the molecule is OCCOCCNCC1CCCCC1O. The van der Waals surface area contributed by atoms with Crippen LogP contribution in [0.25, 0.3) is 0 Å². The quantitative estimate of drug-likeness (QED) is 0.531. The minimum atomic E-state index is -0.121. The molecule has 1 fully saturated rings. The third-order valence-electron chi connectivity index (χ3n) is 2.93. The Bertz CT molecular complexity index is 155. The zero-order valence-electron chi connectivity index (χ0n) is 9.32. The van der Waals surface area contributed by atoms with Crippen LogP contribution >= 0.6 is 0 Å². The van der Waals surface area contributed by atoms with Gasteiger partial charge in [-0.05, 0) is 18.8 Å². The molecule has 0 aromatic rings. The van der Waals surface area contributed by atoms with E-state index in [4.69, 9.17) is 9.84 Å². The Morgan fingerprint density at radius 1 is 1.20 bits per heavy atom. The molecule has 2 atom stereocenters. The van der Waals surface area contributed by atoms with Gasteiger partial charge in [0.05, 0.1) is 25.9 Å². The van der Waals surface area contributed by atoms with Crippen molar-refractivity contribution in [1.82, 2.24) is 5.32 Å². The number of hydrogen-bond donors (Lipinski definition) is 3. The first-order chi connectivity index (χ1) is 7.34. The van der Waals surface area contributed by atoms with Crippen molar-refractivity contribution >= 4 is 0 Å². The maximum Gasteiger partial charge on any atom is 0.0698 e. The second-order valence-corrected chi connectivity index (χ2v) is 4.15. The van der Waals surface area contributed by atoms with Crippen molar-refractivity contribution in [3.63, 3.8) is 0 Å². The van der Waals surface area contributed by atoms with Gasteiger partial charge in [-0.2, -0.15) is 0 Å². The van der Waals surface area contributed by atoms with Gasteiger partial charge >= 0.3 is 0 Å². The molecule has 0 spiro atoms. The van der Waals surface area contributed by atoms with E-state index < -0.39 is 0 Å². The Kier molecular flexibility index (Phi) is 6.92. The summed E-state index contributed by atoms with van der Waals surface area (Å²) in [5.74, 6) is 0.414. The van der Waals surface area contributed by atoms with Crippen LogP contribution in [0, 0.1) is 5.92 Å². The summed E-state index contributed by atoms with van der Waals surface area (Å²) < 4.78 is 5.12. The Balaban J connectivity index is 1.94. The van der Waals surface area contributed by atoms with Gasteiger partial charge in [0.25, 0.3) is 0 Å². The lowest BCUT2D eigenvalue weighted by Crippen LogP contribution is -2.35. The first-order valence-corrected chi connectivity index (χ1v) is 5.92. The van der Waals surface area contributed by atoms with E-state index in [1.54, 1.807) is 0 Å². The van der Waals surface area contributed by atoms with E-state index >= 15 is 0 Å². The first kappa shape index (κ1) is 12.9. The van der Waals surface area contributed by atoms with Crippen LogP contribution in [0.1, 0.15) is 25.7 Å². The fourth-order valence-corrected chi connectivity index (χ4v) is 2.02. The first-order valence-electron chi connectivity index (χ1n) is 5.92. The molecule has 15 heavy (non-hydrogen) atoms. The molecular weight excluding hydrogens is 194 g/mol. The van der Waals surface area contributed by atoms with E-state index in [-0.39, 0.29) is 12.7 Å². The highest BCUT2D eigenvalue weighted by Crippen LogP contribution is 2.23. The van der Waals surface area contributed by atoms with Crippen molar-refractivity contribution in [3.05, 3.63) is 0 Å². The van der Waals surface area contributed by atoms with Gasteiger partial charge in [-0.3, -0.25) is 0 Å². The van der Waals surface area contributed by atoms with Crippen LogP contribution in [0.4, 0.5) is 0 Å². The lowest BCUT2D eigenvalue weighted by Gasteiger charge is -2.27. The number of hydrogen-bond acceptors (Lipinski definition) is 4. The molecule has 0 heterocycles. The van der Waals surface area contributed by atoms with E-state index in [9.17, 15) is 5.11 Å². The Morgan fingerprint density at radius 3 is 2.73 bits per heavy atom. The van der Waals surface area contributed by atoms with Gasteiger partial charge in [-0.25, -0.2) is 0 Å². The molecule has 2 unspecified atom stereocenters. The van der Waals surface area contributed by atoms with Gasteiger partial charge in [0.2, 0.25) is 0 Å². The Labute approximate surface area is 91.6 Å². The molecule has 4 heteroatoms. The molecule has 1 aliphatic rings. The number of nitrogens with one attached hydrogen (secondary N) is 1. The number of aliphatic hydroxyl groups is 2. The normalized spacial score (nSPS) is 26.8. The highest BCUT2D eigenvalue weighted by Gasteiger charge is 2.21. The van der Waals surface area contributed by atoms with E-state index in [2.05, 4.69) is 5.32 Å². The Hall–Kier alpha value is -0.160. The van der Waals surface area contributed by atoms with E-state index in [1.807, 2.05) is 0 Å². The van der Waals surface area contributed by atoms with Crippen LogP contribution < -0.4 is 5.32 Å². The van der Waals surface area contributed by atoms with Crippen LogP contribution in [0.15, 0.2) is 0 Å². The summed E-state index contributed by atoms with van der Waals surface area (Å²) in [6.07, 6.45) is 4.37. The molecule has 1 rings (SSSR count). The average Bonchev–Trinajstić information content (AvgIpc) is 2.25. The highest BCUT2D eigenvalue weighted by molar-refractivity contribution is 4.75. The predicted molar refractivity (Wildman–Crippen MR) is 58.7 cm³/mol. The van der Waals surface area contributed by atoms with Crippen molar-refractivity contribution < 1.29 is 14.9 Å². The summed E-state index contributed by atoms with van der Waals surface area (Å²) in [5.41, 5.74) is 0. The second kappa shape index (κ2) is 8.05. The highest BCUT2D eigenvalue weighted by atomic mass is 16.5. The molecular formula is C11H23NO3. The molecule has 0 aliphatic heterocycles. The zero-order chi connectivity index (χ0) is 10.9. The third-order valence-corrected chi connectivity index (χ3v) is 2.93. The molecule has 1 saturated carbocycles. The standard InChI is InChI=1S/C11H23NO3/c13-6-8-15-7-5-12-9-10-3-1-2-4-11(10)14/h10-14H,1-9H2. The van der Waals surface area contributed by atoms with Crippen molar-refractivity contribution in [2.45, 2.75) is 31.8 Å². The topological polar surface area (TPSA) is 61.7 Å². The maximum atomic E-state index is 9.71. The van der Waals surface area contributed by atoms with Gasteiger partial charge in [-0.1, -0.05) is 12.8 Å². The summed E-state index contributed by atoms with van der Waals surface area (Å²) >= 11 is 0. The average molecular weight is 217 g/mol. The summed E-state index contributed by atoms with van der Waals surface area (Å²) in [5, 5.41) is 21.5. The third kappa shape index (κ3) is 5.47. The second-order valence-electron chi connectivity index (χ2n) is 4.15. The lowest BCUT2D eigenvalue weighted by molar-refractivity contribution is 0.0650. The van der Waals surface area contributed by atoms with Gasteiger partial charge in [0, 0.05) is 13.1 Å². The van der Waals surface area contributed by atoms with E-state index in [1.165, 1.54) is 6.42 Å². The van der Waals surface area contributed by atoms with Crippen molar-refractivity contribution in [2.24, 2.45) is 5.92 Å². The zero-order valence-corrected chi connectivity index (χ0v) is 9.32. The number of aliphatic hydroxyl groups excluding tert-OH is 2. The number of rotatable bonds is 7. The summed E-state index contributed by atoms with van der Waals surface area (Å²) in [7, 11) is 0. The smallest absolute Gasteiger partial charge is 0.0698 e. The molecule has 90 valence electrons. The Morgan fingerprint density at radius 2 is 2.00 bits per heavy atom. The lowest BCUT2D eigenvalue weighted by atomic mass is 9.86. The molecule has 0 aromatic heterocycles. The molecule has 1 aliphatic carbocycles. The van der Waals surface area contributed by atoms with Gasteiger partial charge in [0.1, 0.15) is 0 Å². The summed E-state index contributed by atoms with van der Waals surface area (Å²) in [6, 6.07) is 0.